The van der Waals surface area contributed by atoms with Crippen LogP contribution < -0.4 is 5.32 Å². The van der Waals surface area contributed by atoms with Crippen molar-refractivity contribution < 1.29 is 0 Å². The summed E-state index contributed by atoms with van der Waals surface area (Å²) in [5.74, 6) is 0. The third-order valence-corrected chi connectivity index (χ3v) is 4.59. The van der Waals surface area contributed by atoms with Crippen molar-refractivity contribution in [2.75, 3.05) is 5.32 Å². The molecule has 108 valence electrons. The first kappa shape index (κ1) is 13.7. The minimum Gasteiger partial charge on any atom is -0.355 e. The van der Waals surface area contributed by atoms with Gasteiger partial charge in [-0.25, -0.2) is 0 Å². The van der Waals surface area contributed by atoms with Gasteiger partial charge < -0.3 is 10.3 Å². The van der Waals surface area contributed by atoms with E-state index in [1.165, 1.54) is 0 Å². The van der Waals surface area contributed by atoms with E-state index in [1.807, 2.05) is 48.5 Å². The van der Waals surface area contributed by atoms with Gasteiger partial charge in [0.1, 0.15) is 0 Å². The summed E-state index contributed by atoms with van der Waals surface area (Å²) in [5, 5.41) is 6.46. The zero-order chi connectivity index (χ0) is 15.1. The average Bonchev–Trinajstić information content (AvgIpc) is 2.86. The number of benzene rings is 3. The van der Waals surface area contributed by atoms with Crippen LogP contribution in [0.25, 0.3) is 21.8 Å². The highest BCUT2D eigenvalue weighted by molar-refractivity contribution is 9.10. The molecule has 4 aromatic rings. The summed E-state index contributed by atoms with van der Waals surface area (Å²) in [6, 6.07) is 20.3. The van der Waals surface area contributed by atoms with Crippen LogP contribution in [0, 0.1) is 0 Å². The number of fused-ring (bicyclic) bond motifs is 3. The van der Waals surface area contributed by atoms with Crippen molar-refractivity contribution in [3.8, 4) is 0 Å². The molecule has 4 rings (SSSR count). The average molecular weight is 372 g/mol. The Morgan fingerprint density at radius 1 is 0.864 bits per heavy atom. The number of aromatic nitrogens is 1. The Hall–Kier alpha value is -1.97. The van der Waals surface area contributed by atoms with Crippen LogP contribution in [0.4, 0.5) is 11.4 Å². The van der Waals surface area contributed by atoms with E-state index in [0.717, 1.165) is 42.7 Å². The molecule has 0 saturated heterocycles. The molecule has 2 N–H and O–H groups in total. The molecule has 0 aliphatic heterocycles. The molecule has 4 heteroatoms. The van der Waals surface area contributed by atoms with Crippen molar-refractivity contribution in [2.45, 2.75) is 0 Å². The van der Waals surface area contributed by atoms with Crippen molar-refractivity contribution in [1.82, 2.24) is 4.98 Å². The third kappa shape index (κ3) is 2.36. The lowest BCUT2D eigenvalue weighted by atomic mass is 10.1. The van der Waals surface area contributed by atoms with Gasteiger partial charge in [-0.2, -0.15) is 0 Å². The molecular formula is C18H12BrClN2. The lowest BCUT2D eigenvalue weighted by Gasteiger charge is -2.09. The Bertz CT molecular complexity index is 977. The van der Waals surface area contributed by atoms with Gasteiger partial charge in [0.25, 0.3) is 0 Å². The lowest BCUT2D eigenvalue weighted by Crippen LogP contribution is -1.90. The molecule has 0 bridgehead atoms. The number of H-pyrrole nitrogens is 1. The van der Waals surface area contributed by atoms with E-state index in [9.17, 15) is 0 Å². The van der Waals surface area contributed by atoms with Gasteiger partial charge in [0.2, 0.25) is 0 Å². The SMILES string of the molecule is Clc1ccc2[nH]c3cc(Nc4ccccc4)c(Br)cc3c2c1. The molecule has 0 aliphatic rings. The summed E-state index contributed by atoms with van der Waals surface area (Å²) in [6.45, 7) is 0. The van der Waals surface area contributed by atoms with Crippen LogP contribution in [0.5, 0.6) is 0 Å². The maximum Gasteiger partial charge on any atom is 0.0549 e. The number of hydrogen-bond acceptors (Lipinski definition) is 1. The van der Waals surface area contributed by atoms with Crippen LogP contribution in [-0.2, 0) is 0 Å². The summed E-state index contributed by atoms with van der Waals surface area (Å²) < 4.78 is 1.02. The van der Waals surface area contributed by atoms with E-state index in [-0.39, 0.29) is 0 Å². The molecule has 1 heterocycles. The summed E-state index contributed by atoms with van der Waals surface area (Å²) >= 11 is 9.77. The van der Waals surface area contributed by atoms with Crippen molar-refractivity contribution in [3.63, 3.8) is 0 Å². The summed E-state index contributed by atoms with van der Waals surface area (Å²) in [5.41, 5.74) is 4.25. The summed E-state index contributed by atoms with van der Waals surface area (Å²) in [7, 11) is 0. The molecule has 1 aromatic heterocycles. The Morgan fingerprint density at radius 3 is 2.45 bits per heavy atom. The number of rotatable bonds is 2. The molecule has 0 radical (unpaired) electrons. The van der Waals surface area contributed by atoms with Crippen molar-refractivity contribution in [2.24, 2.45) is 0 Å². The minimum atomic E-state index is 0.746. The molecule has 0 unspecified atom stereocenters. The van der Waals surface area contributed by atoms with E-state index in [0.29, 0.717) is 0 Å². The Kier molecular flexibility index (Phi) is 3.32. The zero-order valence-electron chi connectivity index (χ0n) is 11.5. The largest absolute Gasteiger partial charge is 0.355 e. The van der Waals surface area contributed by atoms with Gasteiger partial charge in [-0.3, -0.25) is 0 Å². The number of para-hydroxylation sites is 1. The highest BCUT2D eigenvalue weighted by Gasteiger charge is 2.09. The van der Waals surface area contributed by atoms with Gasteiger partial charge in [-0.05, 0) is 58.4 Å². The first-order chi connectivity index (χ1) is 10.7. The summed E-state index contributed by atoms with van der Waals surface area (Å²) in [4.78, 5) is 3.44. The number of aromatic amines is 1. The van der Waals surface area contributed by atoms with E-state index < -0.39 is 0 Å². The van der Waals surface area contributed by atoms with E-state index in [2.05, 4.69) is 38.4 Å². The van der Waals surface area contributed by atoms with Crippen molar-refractivity contribution in [3.05, 3.63) is 70.2 Å². The van der Waals surface area contributed by atoms with Gasteiger partial charge >= 0.3 is 0 Å². The second-order valence-corrected chi connectivity index (χ2v) is 6.47. The Morgan fingerprint density at radius 2 is 1.64 bits per heavy atom. The fraction of sp³-hybridized carbons (Fsp3) is 0. The van der Waals surface area contributed by atoms with Gasteiger partial charge in [0.15, 0.2) is 0 Å². The molecular weight excluding hydrogens is 360 g/mol. The molecule has 3 aromatic carbocycles. The van der Waals surface area contributed by atoms with Gasteiger partial charge in [-0.15, -0.1) is 0 Å². The van der Waals surface area contributed by atoms with E-state index >= 15 is 0 Å². The second kappa shape index (κ2) is 5.34. The van der Waals surface area contributed by atoms with E-state index in [1.54, 1.807) is 0 Å². The van der Waals surface area contributed by atoms with Crippen LogP contribution in [-0.4, -0.2) is 4.98 Å². The first-order valence-electron chi connectivity index (χ1n) is 6.93. The molecule has 0 fully saturated rings. The number of hydrogen-bond donors (Lipinski definition) is 2. The fourth-order valence-electron chi connectivity index (χ4n) is 2.67. The topological polar surface area (TPSA) is 27.8 Å². The predicted molar refractivity (Wildman–Crippen MR) is 98.2 cm³/mol. The molecule has 2 nitrogen and oxygen atoms in total. The van der Waals surface area contributed by atoms with Crippen LogP contribution in [0.2, 0.25) is 5.02 Å². The van der Waals surface area contributed by atoms with Crippen molar-refractivity contribution >= 4 is 60.7 Å². The van der Waals surface area contributed by atoms with Crippen LogP contribution in [0.15, 0.2) is 65.1 Å². The monoisotopic (exact) mass is 370 g/mol. The Balaban J connectivity index is 1.87. The molecule has 22 heavy (non-hydrogen) atoms. The number of halogens is 2. The second-order valence-electron chi connectivity index (χ2n) is 5.18. The predicted octanol–water partition coefficient (Wildman–Crippen LogP) is 6.48. The highest BCUT2D eigenvalue weighted by Crippen LogP contribution is 2.35. The number of nitrogens with one attached hydrogen (secondary N) is 2. The van der Waals surface area contributed by atoms with Gasteiger partial charge in [-0.1, -0.05) is 29.8 Å². The highest BCUT2D eigenvalue weighted by atomic mass is 79.9. The fourth-order valence-corrected chi connectivity index (χ4v) is 3.28. The number of anilines is 2. The van der Waals surface area contributed by atoms with Crippen LogP contribution in [0.3, 0.4) is 0 Å². The van der Waals surface area contributed by atoms with Gasteiger partial charge in [0, 0.05) is 37.0 Å². The van der Waals surface area contributed by atoms with E-state index in [4.69, 9.17) is 11.6 Å². The molecule has 0 spiro atoms. The Labute approximate surface area is 141 Å². The van der Waals surface area contributed by atoms with Crippen molar-refractivity contribution in [1.29, 1.82) is 0 Å². The maximum absolute atomic E-state index is 6.12. The zero-order valence-corrected chi connectivity index (χ0v) is 13.9. The molecule has 0 amide bonds. The summed E-state index contributed by atoms with van der Waals surface area (Å²) in [6.07, 6.45) is 0. The molecule has 0 atom stereocenters. The van der Waals surface area contributed by atoms with Gasteiger partial charge in [0.05, 0.1) is 5.69 Å². The quantitative estimate of drug-likeness (QED) is 0.414. The lowest BCUT2D eigenvalue weighted by molar-refractivity contribution is 1.51. The van der Waals surface area contributed by atoms with Crippen LogP contribution >= 0.6 is 27.5 Å². The minimum absolute atomic E-state index is 0.746. The maximum atomic E-state index is 6.12. The first-order valence-corrected chi connectivity index (χ1v) is 8.10. The third-order valence-electron chi connectivity index (χ3n) is 3.70. The standard InChI is InChI=1S/C18H12BrClN2/c19-15-9-14-13-8-11(20)6-7-16(13)22-17(14)10-18(15)21-12-4-2-1-3-5-12/h1-10,21-22H. The van der Waals surface area contributed by atoms with Crippen LogP contribution in [0.1, 0.15) is 0 Å². The smallest absolute Gasteiger partial charge is 0.0549 e. The molecule has 0 aliphatic carbocycles. The molecule has 0 saturated carbocycles. The normalized spacial score (nSPS) is 11.2.